The number of rotatable bonds is 0. The summed E-state index contributed by atoms with van der Waals surface area (Å²) < 4.78 is 0. The van der Waals surface area contributed by atoms with E-state index >= 15 is 0 Å². The van der Waals surface area contributed by atoms with Gasteiger partial charge in [-0.05, 0) is 5.92 Å². The van der Waals surface area contributed by atoms with Gasteiger partial charge >= 0.3 is 0 Å². The van der Waals surface area contributed by atoms with Crippen molar-refractivity contribution in [2.24, 2.45) is 5.92 Å². The number of hydrogen-bond donors (Lipinski definition) is 0. The second-order valence-electron chi connectivity index (χ2n) is 3.99. The lowest BCUT2D eigenvalue weighted by atomic mass is 9.73. The summed E-state index contributed by atoms with van der Waals surface area (Å²) in [6.45, 7) is 2.30. The lowest BCUT2D eigenvalue weighted by Gasteiger charge is -2.18. The van der Waals surface area contributed by atoms with Gasteiger partial charge in [0, 0.05) is 0 Å². The smallest absolute Gasteiger partial charge is 0.0703 e. The fourth-order valence-corrected chi connectivity index (χ4v) is 1.88. The molecule has 1 fully saturated rings. The highest BCUT2D eigenvalue weighted by molar-refractivity contribution is 6.11. The standard InChI is InChI=1S/C10H19B/c1-9-7-5-3-2-4-6-8-10(9)11/h9-10H,2-8H2,1H3. The van der Waals surface area contributed by atoms with Gasteiger partial charge in [-0.1, -0.05) is 57.7 Å². The highest BCUT2D eigenvalue weighted by Gasteiger charge is 2.12. The Morgan fingerprint density at radius 1 is 0.909 bits per heavy atom. The van der Waals surface area contributed by atoms with Gasteiger partial charge in [-0.2, -0.15) is 0 Å². The molecule has 0 aromatic heterocycles. The van der Waals surface area contributed by atoms with Gasteiger partial charge < -0.3 is 0 Å². The fourth-order valence-electron chi connectivity index (χ4n) is 1.88. The molecule has 62 valence electrons. The maximum absolute atomic E-state index is 6.02. The van der Waals surface area contributed by atoms with Crippen LogP contribution in [0.2, 0.25) is 5.82 Å². The van der Waals surface area contributed by atoms with Gasteiger partial charge in [0.15, 0.2) is 0 Å². The third-order valence-corrected chi connectivity index (χ3v) is 2.93. The van der Waals surface area contributed by atoms with Crippen molar-refractivity contribution in [3.05, 3.63) is 0 Å². The predicted octanol–water partition coefficient (Wildman–Crippen LogP) is 3.32. The van der Waals surface area contributed by atoms with Gasteiger partial charge in [-0.3, -0.25) is 0 Å². The minimum Gasteiger partial charge on any atom is -0.0749 e. The first-order valence-electron chi connectivity index (χ1n) is 5.06. The highest BCUT2D eigenvalue weighted by Crippen LogP contribution is 2.28. The van der Waals surface area contributed by atoms with Crippen molar-refractivity contribution in [3.8, 4) is 0 Å². The first-order chi connectivity index (χ1) is 5.30. The lowest BCUT2D eigenvalue weighted by Crippen LogP contribution is -2.04. The zero-order chi connectivity index (χ0) is 8.10. The molecule has 1 aliphatic carbocycles. The Morgan fingerprint density at radius 2 is 1.45 bits per heavy atom. The molecule has 0 aromatic rings. The van der Waals surface area contributed by atoms with Gasteiger partial charge in [0.2, 0.25) is 0 Å². The SMILES string of the molecule is [B]C1CCCCCCCC1C. The second-order valence-corrected chi connectivity index (χ2v) is 3.99. The summed E-state index contributed by atoms with van der Waals surface area (Å²) >= 11 is 0. The molecular weight excluding hydrogens is 131 g/mol. The first-order valence-corrected chi connectivity index (χ1v) is 5.06. The molecule has 0 bridgehead atoms. The Balaban J connectivity index is 2.29. The molecule has 11 heavy (non-hydrogen) atoms. The number of hydrogen-bond acceptors (Lipinski definition) is 0. The summed E-state index contributed by atoms with van der Waals surface area (Å²) in [7, 11) is 6.02. The summed E-state index contributed by atoms with van der Waals surface area (Å²) in [6, 6.07) is 0. The molecule has 2 atom stereocenters. The van der Waals surface area contributed by atoms with E-state index in [0.29, 0.717) is 5.82 Å². The lowest BCUT2D eigenvalue weighted by molar-refractivity contribution is 0.465. The molecule has 2 unspecified atom stereocenters. The predicted molar refractivity (Wildman–Crippen MR) is 51.0 cm³/mol. The van der Waals surface area contributed by atoms with E-state index in [-0.39, 0.29) is 0 Å². The topological polar surface area (TPSA) is 0 Å². The molecule has 1 aliphatic rings. The van der Waals surface area contributed by atoms with Crippen LogP contribution < -0.4 is 0 Å². The van der Waals surface area contributed by atoms with Gasteiger partial charge in [-0.25, -0.2) is 0 Å². The molecule has 0 saturated heterocycles. The van der Waals surface area contributed by atoms with E-state index in [1.165, 1.54) is 44.9 Å². The molecule has 1 heteroatoms. The van der Waals surface area contributed by atoms with Crippen LogP contribution >= 0.6 is 0 Å². The van der Waals surface area contributed by atoms with Crippen LogP contribution in [0.15, 0.2) is 0 Å². The molecule has 2 radical (unpaired) electrons. The third kappa shape index (κ3) is 3.31. The van der Waals surface area contributed by atoms with Crippen molar-refractivity contribution < 1.29 is 0 Å². The largest absolute Gasteiger partial charge is 0.0749 e. The average Bonchev–Trinajstić information content (AvgIpc) is 2.07. The quantitative estimate of drug-likeness (QED) is 0.464. The van der Waals surface area contributed by atoms with E-state index in [1.807, 2.05) is 0 Å². The van der Waals surface area contributed by atoms with Gasteiger partial charge in [0.25, 0.3) is 0 Å². The molecule has 1 saturated carbocycles. The van der Waals surface area contributed by atoms with Crippen LogP contribution in [0, 0.1) is 5.92 Å². The second kappa shape index (κ2) is 4.85. The molecule has 0 amide bonds. The maximum Gasteiger partial charge on any atom is 0.0703 e. The van der Waals surface area contributed by atoms with Crippen molar-refractivity contribution in [1.29, 1.82) is 0 Å². The Labute approximate surface area is 72.2 Å². The Kier molecular flexibility index (Phi) is 4.03. The van der Waals surface area contributed by atoms with Crippen LogP contribution in [0.4, 0.5) is 0 Å². The van der Waals surface area contributed by atoms with Crippen LogP contribution in [0.3, 0.4) is 0 Å². The van der Waals surface area contributed by atoms with Crippen molar-refractivity contribution in [2.75, 3.05) is 0 Å². The third-order valence-electron chi connectivity index (χ3n) is 2.93. The molecule has 0 heterocycles. The Morgan fingerprint density at radius 3 is 2.18 bits per heavy atom. The fraction of sp³-hybridized carbons (Fsp3) is 1.00. The Hall–Kier alpha value is 0.0649. The van der Waals surface area contributed by atoms with Crippen molar-refractivity contribution in [1.82, 2.24) is 0 Å². The van der Waals surface area contributed by atoms with Crippen LogP contribution in [0.5, 0.6) is 0 Å². The molecule has 0 spiro atoms. The molecular formula is C10H19B. The minimum absolute atomic E-state index is 0.480. The van der Waals surface area contributed by atoms with Crippen LogP contribution in [-0.4, -0.2) is 7.85 Å². The van der Waals surface area contributed by atoms with E-state index in [4.69, 9.17) is 7.85 Å². The van der Waals surface area contributed by atoms with Crippen LogP contribution in [0.25, 0.3) is 0 Å². The summed E-state index contributed by atoms with van der Waals surface area (Å²) in [4.78, 5) is 0. The van der Waals surface area contributed by atoms with Crippen molar-refractivity contribution in [3.63, 3.8) is 0 Å². The molecule has 0 aromatic carbocycles. The zero-order valence-electron chi connectivity index (χ0n) is 7.68. The monoisotopic (exact) mass is 150 g/mol. The van der Waals surface area contributed by atoms with Gasteiger partial charge in [-0.15, -0.1) is 0 Å². The maximum atomic E-state index is 6.02. The molecule has 0 nitrogen and oxygen atoms in total. The minimum atomic E-state index is 0.480. The van der Waals surface area contributed by atoms with E-state index in [2.05, 4.69) is 6.92 Å². The molecule has 0 aliphatic heterocycles. The van der Waals surface area contributed by atoms with Crippen molar-refractivity contribution in [2.45, 2.75) is 57.7 Å². The summed E-state index contributed by atoms with van der Waals surface area (Å²) in [6.07, 6.45) is 9.61. The zero-order valence-corrected chi connectivity index (χ0v) is 7.68. The van der Waals surface area contributed by atoms with Gasteiger partial charge in [0.1, 0.15) is 0 Å². The Bertz CT molecular complexity index is 89.0. The van der Waals surface area contributed by atoms with E-state index in [0.717, 1.165) is 5.92 Å². The molecule has 1 rings (SSSR count). The summed E-state index contributed by atoms with van der Waals surface area (Å²) in [5.41, 5.74) is 0. The van der Waals surface area contributed by atoms with Gasteiger partial charge in [0.05, 0.1) is 7.85 Å². The summed E-state index contributed by atoms with van der Waals surface area (Å²) in [5.74, 6) is 1.24. The van der Waals surface area contributed by atoms with Crippen LogP contribution in [-0.2, 0) is 0 Å². The van der Waals surface area contributed by atoms with E-state index < -0.39 is 0 Å². The first kappa shape index (κ1) is 9.16. The highest BCUT2D eigenvalue weighted by atomic mass is 14.1. The average molecular weight is 150 g/mol. The molecule has 0 N–H and O–H groups in total. The van der Waals surface area contributed by atoms with Crippen molar-refractivity contribution >= 4 is 7.85 Å². The summed E-state index contributed by atoms with van der Waals surface area (Å²) in [5, 5.41) is 0. The van der Waals surface area contributed by atoms with E-state index in [9.17, 15) is 0 Å². The van der Waals surface area contributed by atoms with Crippen LogP contribution in [0.1, 0.15) is 51.9 Å². The van der Waals surface area contributed by atoms with E-state index in [1.54, 1.807) is 0 Å². The normalized spacial score (nSPS) is 35.4.